The number of nitrogens with one attached hydrogen (secondary N) is 1. The molecule has 168 valence electrons. The van der Waals surface area contributed by atoms with Crippen molar-refractivity contribution in [1.29, 1.82) is 0 Å². The smallest absolute Gasteiger partial charge is 0.274 e. The van der Waals surface area contributed by atoms with E-state index in [-0.39, 0.29) is 17.9 Å². The third-order valence-corrected chi connectivity index (χ3v) is 7.10. The molecule has 2 amide bonds. The average molecular weight is 460 g/mol. The van der Waals surface area contributed by atoms with Gasteiger partial charge in [0, 0.05) is 24.5 Å². The Kier molecular flexibility index (Phi) is 5.96. The zero-order valence-corrected chi connectivity index (χ0v) is 19.2. The van der Waals surface area contributed by atoms with Gasteiger partial charge in [0.25, 0.3) is 11.8 Å². The van der Waals surface area contributed by atoms with Gasteiger partial charge < -0.3 is 14.6 Å². The summed E-state index contributed by atoms with van der Waals surface area (Å²) in [4.78, 5) is 33.9. The van der Waals surface area contributed by atoms with Crippen LogP contribution in [0.3, 0.4) is 0 Å². The van der Waals surface area contributed by atoms with Gasteiger partial charge in [-0.2, -0.15) is 0 Å². The lowest BCUT2D eigenvalue weighted by atomic mass is 10.0. The first-order valence-corrected chi connectivity index (χ1v) is 12.0. The highest BCUT2D eigenvalue weighted by Crippen LogP contribution is 2.32. The molecule has 5 rings (SSSR count). The molecule has 1 aliphatic rings. The Bertz CT molecular complexity index is 1290. The first-order valence-electron chi connectivity index (χ1n) is 11.2. The minimum Gasteiger partial charge on any atom is -0.463 e. The molecule has 1 fully saturated rings. The fraction of sp³-hybridized carbons (Fsp3) is 0.269. The van der Waals surface area contributed by atoms with Crippen LogP contribution in [0.1, 0.15) is 45.1 Å². The van der Waals surface area contributed by atoms with E-state index in [9.17, 15) is 9.59 Å². The van der Waals surface area contributed by atoms with Gasteiger partial charge in [-0.05, 0) is 37.8 Å². The summed E-state index contributed by atoms with van der Waals surface area (Å²) in [6.45, 7) is 2.99. The van der Waals surface area contributed by atoms with Gasteiger partial charge in [0.05, 0.1) is 15.4 Å². The Morgan fingerprint density at radius 2 is 1.91 bits per heavy atom. The SMILES string of the molecule is Cc1nc(C(=O)N2CCCCC2CNC(=O)c2coc3ccccc23)c(-c2ccccc2)s1. The molecular formula is C26H25N3O3S. The van der Waals surface area contributed by atoms with Crippen molar-refractivity contribution >= 4 is 34.1 Å². The summed E-state index contributed by atoms with van der Waals surface area (Å²) in [6.07, 6.45) is 4.32. The number of benzene rings is 2. The molecule has 1 N–H and O–H groups in total. The summed E-state index contributed by atoms with van der Waals surface area (Å²) < 4.78 is 5.50. The molecule has 0 spiro atoms. The number of para-hydroxylation sites is 1. The number of hydrogen-bond acceptors (Lipinski definition) is 5. The van der Waals surface area contributed by atoms with Crippen molar-refractivity contribution < 1.29 is 14.0 Å². The van der Waals surface area contributed by atoms with E-state index in [1.165, 1.54) is 17.6 Å². The van der Waals surface area contributed by atoms with Gasteiger partial charge in [0.1, 0.15) is 17.5 Å². The van der Waals surface area contributed by atoms with Crippen molar-refractivity contribution in [2.24, 2.45) is 0 Å². The molecule has 0 radical (unpaired) electrons. The second-order valence-electron chi connectivity index (χ2n) is 8.28. The van der Waals surface area contributed by atoms with Gasteiger partial charge in [-0.25, -0.2) is 4.98 Å². The summed E-state index contributed by atoms with van der Waals surface area (Å²) in [6, 6.07) is 17.3. The van der Waals surface area contributed by atoms with Gasteiger partial charge in [-0.3, -0.25) is 9.59 Å². The van der Waals surface area contributed by atoms with E-state index in [4.69, 9.17) is 4.42 Å². The highest BCUT2D eigenvalue weighted by Gasteiger charge is 2.31. The average Bonchev–Trinajstić information content (AvgIpc) is 3.46. The molecule has 4 aromatic rings. The molecular weight excluding hydrogens is 434 g/mol. The van der Waals surface area contributed by atoms with Gasteiger partial charge >= 0.3 is 0 Å². The Hall–Kier alpha value is -3.45. The molecule has 6 nitrogen and oxygen atoms in total. The molecule has 0 aliphatic carbocycles. The third kappa shape index (κ3) is 4.28. The van der Waals surface area contributed by atoms with Crippen molar-refractivity contribution in [2.45, 2.75) is 32.2 Å². The molecule has 7 heteroatoms. The summed E-state index contributed by atoms with van der Waals surface area (Å²) in [5, 5.41) is 4.68. The number of hydrogen-bond donors (Lipinski definition) is 1. The molecule has 1 aliphatic heterocycles. The highest BCUT2D eigenvalue weighted by molar-refractivity contribution is 7.15. The van der Waals surface area contributed by atoms with Crippen LogP contribution in [0.2, 0.25) is 0 Å². The summed E-state index contributed by atoms with van der Waals surface area (Å²) >= 11 is 1.54. The number of carbonyl (C=O) groups excluding carboxylic acids is 2. The Balaban J connectivity index is 1.34. The number of piperidine rings is 1. The van der Waals surface area contributed by atoms with Gasteiger partial charge in [0.15, 0.2) is 0 Å². The minimum absolute atomic E-state index is 0.0640. The van der Waals surface area contributed by atoms with E-state index >= 15 is 0 Å². The van der Waals surface area contributed by atoms with E-state index in [2.05, 4.69) is 10.3 Å². The molecule has 1 atom stereocenters. The van der Waals surface area contributed by atoms with Crippen LogP contribution in [0.25, 0.3) is 21.4 Å². The second kappa shape index (κ2) is 9.19. The van der Waals surface area contributed by atoms with E-state index in [0.717, 1.165) is 40.1 Å². The van der Waals surface area contributed by atoms with Crippen molar-refractivity contribution in [1.82, 2.24) is 15.2 Å². The maximum Gasteiger partial charge on any atom is 0.274 e. The number of carbonyl (C=O) groups is 2. The number of aryl methyl sites for hydroxylation is 1. The maximum atomic E-state index is 13.6. The first-order chi connectivity index (χ1) is 16.1. The van der Waals surface area contributed by atoms with E-state index in [0.29, 0.717) is 29.9 Å². The van der Waals surface area contributed by atoms with Crippen LogP contribution in [-0.2, 0) is 0 Å². The number of fused-ring (bicyclic) bond motifs is 1. The van der Waals surface area contributed by atoms with Crippen molar-refractivity contribution in [3.05, 3.63) is 77.1 Å². The Labute approximate surface area is 196 Å². The predicted octanol–water partition coefficient (Wildman–Crippen LogP) is 5.29. The molecule has 1 unspecified atom stereocenters. The lowest BCUT2D eigenvalue weighted by molar-refractivity contribution is 0.0598. The fourth-order valence-electron chi connectivity index (χ4n) is 4.43. The third-order valence-electron chi connectivity index (χ3n) is 6.08. The fourth-order valence-corrected chi connectivity index (χ4v) is 5.35. The lowest BCUT2D eigenvalue weighted by Crippen LogP contribution is -2.49. The number of likely N-dealkylation sites (tertiary alicyclic amines) is 1. The topological polar surface area (TPSA) is 75.4 Å². The Morgan fingerprint density at radius 1 is 1.12 bits per heavy atom. The second-order valence-corrected chi connectivity index (χ2v) is 9.48. The van der Waals surface area contributed by atoms with E-state index in [1.54, 1.807) is 0 Å². The first kappa shape index (κ1) is 21.4. The molecule has 33 heavy (non-hydrogen) atoms. The van der Waals surface area contributed by atoms with E-state index in [1.807, 2.05) is 66.4 Å². The van der Waals surface area contributed by atoms with E-state index < -0.39 is 0 Å². The van der Waals surface area contributed by atoms with Crippen LogP contribution < -0.4 is 5.32 Å². The molecule has 2 aromatic heterocycles. The monoisotopic (exact) mass is 459 g/mol. The van der Waals surface area contributed by atoms with Gasteiger partial charge in [-0.15, -0.1) is 11.3 Å². The summed E-state index contributed by atoms with van der Waals surface area (Å²) in [7, 11) is 0. The molecule has 3 heterocycles. The molecule has 2 aromatic carbocycles. The van der Waals surface area contributed by atoms with Gasteiger partial charge in [-0.1, -0.05) is 48.5 Å². The van der Waals surface area contributed by atoms with Crippen LogP contribution in [0.5, 0.6) is 0 Å². The maximum absolute atomic E-state index is 13.6. The van der Waals surface area contributed by atoms with Crippen molar-refractivity contribution in [2.75, 3.05) is 13.1 Å². The standard InChI is InChI=1S/C26H25N3O3S/c1-17-28-23(24(33-17)18-9-3-2-4-10-18)26(31)29-14-8-7-11-19(29)15-27-25(30)21-16-32-22-13-6-5-12-20(21)22/h2-6,9-10,12-13,16,19H,7-8,11,14-15H2,1H3,(H,27,30). The normalized spacial score (nSPS) is 16.2. The quantitative estimate of drug-likeness (QED) is 0.440. The van der Waals surface area contributed by atoms with Gasteiger partial charge in [0.2, 0.25) is 0 Å². The van der Waals surface area contributed by atoms with Crippen LogP contribution in [0.15, 0.2) is 65.3 Å². The molecule has 1 saturated heterocycles. The highest BCUT2D eigenvalue weighted by atomic mass is 32.1. The number of amides is 2. The van der Waals surface area contributed by atoms with Crippen LogP contribution in [0.4, 0.5) is 0 Å². The number of aromatic nitrogens is 1. The zero-order valence-electron chi connectivity index (χ0n) is 18.4. The van der Waals surface area contributed by atoms with Crippen LogP contribution in [-0.4, -0.2) is 40.8 Å². The van der Waals surface area contributed by atoms with Crippen LogP contribution in [0, 0.1) is 6.92 Å². The number of thiazole rings is 1. The summed E-state index contributed by atoms with van der Waals surface area (Å²) in [5.41, 5.74) is 2.70. The lowest BCUT2D eigenvalue weighted by Gasteiger charge is -2.35. The number of nitrogens with zero attached hydrogens (tertiary/aromatic N) is 2. The largest absolute Gasteiger partial charge is 0.463 e. The number of rotatable bonds is 5. The summed E-state index contributed by atoms with van der Waals surface area (Å²) in [5.74, 6) is -0.252. The molecule has 0 bridgehead atoms. The molecule has 0 saturated carbocycles. The van der Waals surface area contributed by atoms with Crippen LogP contribution >= 0.6 is 11.3 Å². The number of furan rings is 1. The van der Waals surface area contributed by atoms with Crippen molar-refractivity contribution in [3.63, 3.8) is 0 Å². The van der Waals surface area contributed by atoms with Crippen molar-refractivity contribution in [3.8, 4) is 10.4 Å². The minimum atomic E-state index is -0.188. The predicted molar refractivity (Wildman–Crippen MR) is 130 cm³/mol. The Morgan fingerprint density at radius 3 is 2.76 bits per heavy atom. The zero-order chi connectivity index (χ0) is 22.8.